The Kier molecular flexibility index (Phi) is 2.33. The number of halogens is 2. The maximum absolute atomic E-state index is 5.84. The van der Waals surface area contributed by atoms with Crippen LogP contribution in [0.15, 0.2) is 12.3 Å². The van der Waals surface area contributed by atoms with Gasteiger partial charge >= 0.3 is 0 Å². The van der Waals surface area contributed by atoms with Crippen LogP contribution in [0.1, 0.15) is 12.5 Å². The summed E-state index contributed by atoms with van der Waals surface area (Å²) < 4.78 is 12.3. The molecule has 1 aliphatic rings. The minimum atomic E-state index is -0.598. The predicted molar refractivity (Wildman–Crippen MR) is 79.4 cm³/mol. The summed E-state index contributed by atoms with van der Waals surface area (Å²) in [6.07, 6.45) is 1.93. The van der Waals surface area contributed by atoms with E-state index >= 15 is 0 Å². The molecule has 0 aliphatic carbocycles. The van der Waals surface area contributed by atoms with Crippen LogP contribution in [-0.2, 0) is 0 Å². The van der Waals surface area contributed by atoms with E-state index in [-0.39, 0.29) is 0 Å². The van der Waals surface area contributed by atoms with Crippen molar-refractivity contribution >= 4 is 56.1 Å². The molecular weight excluding hydrogens is 432 g/mol. The molecule has 1 aromatic carbocycles. The lowest BCUT2D eigenvalue weighted by Crippen LogP contribution is -2.25. The van der Waals surface area contributed by atoms with Gasteiger partial charge in [0.1, 0.15) is 0 Å². The third kappa shape index (κ3) is 1.43. The lowest BCUT2D eigenvalue weighted by Gasteiger charge is -2.14. The number of hydrogen-bond donors (Lipinski definition) is 1. The Morgan fingerprint density at radius 2 is 2.00 bits per heavy atom. The van der Waals surface area contributed by atoms with Crippen molar-refractivity contribution in [1.82, 2.24) is 4.98 Å². The van der Waals surface area contributed by atoms with Crippen LogP contribution >= 0.6 is 45.2 Å². The number of alkyl halides is 1. The smallest absolute Gasteiger partial charge is 0.300 e. The fourth-order valence-electron chi connectivity index (χ4n) is 1.93. The number of rotatable bonds is 0. The first-order valence-corrected chi connectivity index (χ1v) is 7.01. The first-order chi connectivity index (χ1) is 7.49. The molecule has 0 fully saturated rings. The molecule has 3 nitrogen and oxygen atoms in total. The molecule has 0 saturated carbocycles. The van der Waals surface area contributed by atoms with Crippen LogP contribution in [0.5, 0.6) is 11.5 Å². The van der Waals surface area contributed by atoms with Gasteiger partial charge in [0.2, 0.25) is 0 Å². The highest BCUT2D eigenvalue weighted by Crippen LogP contribution is 2.50. The largest absolute Gasteiger partial charge is 0.440 e. The molecular formula is C11H9I2NO2. The van der Waals surface area contributed by atoms with Crippen LogP contribution in [0.25, 0.3) is 10.9 Å². The number of fused-ring (bicyclic) bond motifs is 3. The molecule has 3 rings (SSSR count). The minimum absolute atomic E-state index is 0.598. The maximum Gasteiger partial charge on any atom is 0.300 e. The van der Waals surface area contributed by atoms with Crippen LogP contribution in [0.3, 0.4) is 0 Å². The van der Waals surface area contributed by atoms with Gasteiger partial charge in [0.25, 0.3) is 3.79 Å². The SMILES string of the molecule is Cc1c2c(c3cc[nH]c3c1I)OC(C)(I)O2. The van der Waals surface area contributed by atoms with Crippen molar-refractivity contribution < 1.29 is 9.47 Å². The molecule has 2 heterocycles. The van der Waals surface area contributed by atoms with E-state index in [9.17, 15) is 0 Å². The summed E-state index contributed by atoms with van der Waals surface area (Å²) in [7, 11) is 0. The fourth-order valence-corrected chi connectivity index (χ4v) is 3.06. The van der Waals surface area contributed by atoms with E-state index in [1.54, 1.807) is 0 Å². The van der Waals surface area contributed by atoms with Gasteiger partial charge in [0.15, 0.2) is 11.5 Å². The summed E-state index contributed by atoms with van der Waals surface area (Å²) in [4.78, 5) is 3.24. The van der Waals surface area contributed by atoms with Crippen LogP contribution in [-0.4, -0.2) is 8.78 Å². The van der Waals surface area contributed by atoms with Crippen LogP contribution < -0.4 is 9.47 Å². The first-order valence-electron chi connectivity index (χ1n) is 4.86. The average Bonchev–Trinajstić information content (AvgIpc) is 2.77. The van der Waals surface area contributed by atoms with Gasteiger partial charge in [-0.3, -0.25) is 0 Å². The van der Waals surface area contributed by atoms with E-state index in [0.29, 0.717) is 0 Å². The number of nitrogens with one attached hydrogen (secondary N) is 1. The molecule has 1 N–H and O–H groups in total. The highest BCUT2D eigenvalue weighted by atomic mass is 127. The zero-order valence-corrected chi connectivity index (χ0v) is 13.0. The summed E-state index contributed by atoms with van der Waals surface area (Å²) in [5.74, 6) is 1.72. The first kappa shape index (κ1) is 10.9. The molecule has 1 atom stereocenters. The van der Waals surface area contributed by atoms with E-state index in [1.807, 2.05) is 19.2 Å². The van der Waals surface area contributed by atoms with Crippen molar-refractivity contribution in [2.45, 2.75) is 17.6 Å². The molecule has 84 valence electrons. The molecule has 5 heteroatoms. The lowest BCUT2D eigenvalue weighted by molar-refractivity contribution is 0.0494. The number of H-pyrrole nitrogens is 1. The highest BCUT2D eigenvalue weighted by molar-refractivity contribution is 14.1. The Balaban J connectivity index is 2.40. The summed E-state index contributed by atoms with van der Waals surface area (Å²) in [5, 5.41) is 1.09. The van der Waals surface area contributed by atoms with Gasteiger partial charge in [0.05, 0.1) is 5.52 Å². The molecule has 1 aliphatic heterocycles. The monoisotopic (exact) mass is 441 g/mol. The molecule has 16 heavy (non-hydrogen) atoms. The molecule has 2 aromatic rings. The fraction of sp³-hybridized carbons (Fsp3) is 0.273. The van der Waals surface area contributed by atoms with E-state index in [2.05, 4.69) is 57.1 Å². The maximum atomic E-state index is 5.84. The lowest BCUT2D eigenvalue weighted by atomic mass is 10.1. The standard InChI is InChI=1S/C11H9I2NO2/c1-5-7(12)8-6(3-4-14-8)10-9(5)15-11(2,13)16-10/h3-4,14H,1-2H3. The van der Waals surface area contributed by atoms with E-state index in [4.69, 9.17) is 9.47 Å². The highest BCUT2D eigenvalue weighted by Gasteiger charge is 2.37. The Morgan fingerprint density at radius 1 is 1.31 bits per heavy atom. The summed E-state index contributed by atoms with van der Waals surface area (Å²) in [6.45, 7) is 3.97. The third-order valence-electron chi connectivity index (χ3n) is 2.66. The predicted octanol–water partition coefficient (Wildman–Crippen LogP) is 3.96. The van der Waals surface area contributed by atoms with Gasteiger partial charge in [-0.25, -0.2) is 0 Å². The van der Waals surface area contributed by atoms with Crippen LogP contribution in [0, 0.1) is 10.5 Å². The third-order valence-corrected chi connectivity index (χ3v) is 4.44. The van der Waals surface area contributed by atoms with Crippen molar-refractivity contribution in [3.63, 3.8) is 0 Å². The van der Waals surface area contributed by atoms with Gasteiger partial charge in [0, 0.05) is 50.2 Å². The number of benzene rings is 1. The van der Waals surface area contributed by atoms with Crippen LogP contribution in [0.4, 0.5) is 0 Å². The normalized spacial score (nSPS) is 23.0. The van der Waals surface area contributed by atoms with Crippen molar-refractivity contribution in [3.8, 4) is 11.5 Å². The molecule has 0 radical (unpaired) electrons. The number of aromatic amines is 1. The second-order valence-corrected chi connectivity index (χ2v) is 6.94. The topological polar surface area (TPSA) is 34.2 Å². The molecule has 0 spiro atoms. The second-order valence-electron chi connectivity index (χ2n) is 3.90. The van der Waals surface area contributed by atoms with Crippen molar-refractivity contribution in [2.24, 2.45) is 0 Å². The summed E-state index contributed by atoms with van der Waals surface area (Å²) in [6, 6.07) is 2.02. The molecule has 1 unspecified atom stereocenters. The average molecular weight is 441 g/mol. The van der Waals surface area contributed by atoms with E-state index in [0.717, 1.165) is 28.0 Å². The van der Waals surface area contributed by atoms with E-state index < -0.39 is 3.79 Å². The molecule has 0 saturated heterocycles. The molecule has 1 aromatic heterocycles. The van der Waals surface area contributed by atoms with Crippen molar-refractivity contribution in [1.29, 1.82) is 0 Å². The van der Waals surface area contributed by atoms with Gasteiger partial charge in [-0.05, 0) is 35.6 Å². The van der Waals surface area contributed by atoms with Gasteiger partial charge in [-0.2, -0.15) is 0 Å². The Hall–Kier alpha value is -0.180. The minimum Gasteiger partial charge on any atom is -0.440 e. The Labute approximate surface area is 120 Å². The van der Waals surface area contributed by atoms with Crippen molar-refractivity contribution in [3.05, 3.63) is 21.4 Å². The van der Waals surface area contributed by atoms with Gasteiger partial charge in [-0.1, -0.05) is 0 Å². The zero-order valence-electron chi connectivity index (χ0n) is 8.73. The van der Waals surface area contributed by atoms with Crippen molar-refractivity contribution in [2.75, 3.05) is 0 Å². The summed E-state index contributed by atoms with van der Waals surface area (Å²) in [5.41, 5.74) is 2.25. The number of ether oxygens (including phenoxy) is 2. The van der Waals surface area contributed by atoms with Crippen LogP contribution in [0.2, 0.25) is 0 Å². The Morgan fingerprint density at radius 3 is 2.75 bits per heavy atom. The number of hydrogen-bond acceptors (Lipinski definition) is 2. The summed E-state index contributed by atoms with van der Waals surface area (Å²) >= 11 is 4.50. The van der Waals surface area contributed by atoms with Gasteiger partial charge < -0.3 is 14.5 Å². The van der Waals surface area contributed by atoms with Gasteiger partial charge in [-0.15, -0.1) is 0 Å². The molecule has 0 bridgehead atoms. The quantitative estimate of drug-likeness (QED) is 0.497. The Bertz CT molecular complexity index is 589. The molecule has 0 amide bonds. The van der Waals surface area contributed by atoms with E-state index in [1.165, 1.54) is 3.57 Å². The second kappa shape index (κ2) is 3.41. The number of aromatic nitrogens is 1. The zero-order chi connectivity index (χ0) is 11.5.